The van der Waals surface area contributed by atoms with E-state index in [1.165, 1.54) is 31.1 Å². The Labute approximate surface area is 234 Å². The fourth-order valence-corrected chi connectivity index (χ4v) is 6.81. The second-order valence-electron chi connectivity index (χ2n) is 11.3. The van der Waals surface area contributed by atoms with Crippen molar-refractivity contribution in [1.29, 1.82) is 0 Å². The highest BCUT2D eigenvalue weighted by Gasteiger charge is 2.34. The first-order chi connectivity index (χ1) is 19.3. The molecule has 7 heteroatoms. The Balaban J connectivity index is 1.51. The Morgan fingerprint density at radius 2 is 1.73 bits per heavy atom. The summed E-state index contributed by atoms with van der Waals surface area (Å²) >= 11 is 0. The van der Waals surface area contributed by atoms with Crippen molar-refractivity contribution in [3.8, 4) is 39.6 Å². The Kier molecular flexibility index (Phi) is 5.68. The normalized spacial score (nSPS) is 15.2. The van der Waals surface area contributed by atoms with Crippen LogP contribution >= 0.6 is 0 Å². The SMILES string of the molecule is CC1(c2ccc(-c3c(-c4cccc(CS(C)(=O)=O)c4)nc4n3-c3cccnc3Nc3ccccc3-4)cc2)CCC1. The predicted octanol–water partition coefficient (Wildman–Crippen LogP) is 7.31. The number of aromatic nitrogens is 3. The van der Waals surface area contributed by atoms with Crippen molar-refractivity contribution in [3.63, 3.8) is 0 Å². The van der Waals surface area contributed by atoms with Crippen LogP contribution in [0.2, 0.25) is 0 Å². The van der Waals surface area contributed by atoms with E-state index in [0.717, 1.165) is 56.7 Å². The lowest BCUT2D eigenvalue weighted by Gasteiger charge is -2.39. The lowest BCUT2D eigenvalue weighted by Crippen LogP contribution is -2.30. The molecule has 2 aromatic heterocycles. The quantitative estimate of drug-likeness (QED) is 0.245. The molecular formula is C33H30N4O2S. The van der Waals surface area contributed by atoms with Crippen LogP contribution in [0.1, 0.15) is 37.3 Å². The van der Waals surface area contributed by atoms with Gasteiger partial charge < -0.3 is 5.32 Å². The standard InChI is InChI=1S/C33H30N4O2S/c1-33(17-7-18-33)25-15-13-23(14-16-25)30-29(24-9-5-8-22(20-24)21-40(2,38)39)36-32-26-10-3-4-11-27(26)35-31-28(37(30)32)12-6-19-34-31/h3-6,8-16,19-20H,7,17-18,21H2,1-2H3,(H,34,35). The van der Waals surface area contributed by atoms with E-state index in [2.05, 4.69) is 58.2 Å². The maximum Gasteiger partial charge on any atom is 0.154 e. The number of hydrogen-bond donors (Lipinski definition) is 1. The molecule has 7 rings (SSSR count). The van der Waals surface area contributed by atoms with Gasteiger partial charge in [0.05, 0.1) is 28.5 Å². The third-order valence-corrected chi connectivity index (χ3v) is 9.13. The van der Waals surface area contributed by atoms with Crippen LogP contribution < -0.4 is 5.32 Å². The fourth-order valence-electron chi connectivity index (χ4n) is 6.03. The zero-order chi connectivity index (χ0) is 27.5. The number of imidazole rings is 1. The molecule has 2 aliphatic rings. The third-order valence-electron chi connectivity index (χ3n) is 8.27. The summed E-state index contributed by atoms with van der Waals surface area (Å²) in [5, 5.41) is 3.51. The Hall–Kier alpha value is -4.23. The fraction of sp³-hybridized carbons (Fsp3) is 0.212. The van der Waals surface area contributed by atoms with Crippen LogP contribution in [0.3, 0.4) is 0 Å². The minimum atomic E-state index is -3.18. The number of pyridine rings is 1. The molecule has 1 fully saturated rings. The van der Waals surface area contributed by atoms with E-state index in [1.807, 2.05) is 48.5 Å². The van der Waals surface area contributed by atoms with E-state index in [9.17, 15) is 8.42 Å². The van der Waals surface area contributed by atoms with Gasteiger partial charge in [-0.3, -0.25) is 4.57 Å². The molecule has 5 aromatic rings. The molecule has 0 amide bonds. The largest absolute Gasteiger partial charge is 0.338 e. The van der Waals surface area contributed by atoms with Gasteiger partial charge >= 0.3 is 0 Å². The van der Waals surface area contributed by atoms with Crippen LogP contribution in [0.4, 0.5) is 11.5 Å². The van der Waals surface area contributed by atoms with Crippen molar-refractivity contribution in [1.82, 2.24) is 14.5 Å². The summed E-state index contributed by atoms with van der Waals surface area (Å²) in [6, 6.07) is 28.8. The number of para-hydroxylation sites is 1. The summed E-state index contributed by atoms with van der Waals surface area (Å²) in [5.74, 6) is 1.54. The van der Waals surface area contributed by atoms with Crippen molar-refractivity contribution >= 4 is 21.3 Å². The molecule has 6 nitrogen and oxygen atoms in total. The number of hydrogen-bond acceptors (Lipinski definition) is 5. The molecule has 40 heavy (non-hydrogen) atoms. The van der Waals surface area contributed by atoms with Gasteiger partial charge in [-0.15, -0.1) is 0 Å². The molecule has 0 radical (unpaired) electrons. The van der Waals surface area contributed by atoms with Gasteiger partial charge in [-0.2, -0.15) is 0 Å². The highest BCUT2D eigenvalue weighted by atomic mass is 32.2. The Morgan fingerprint density at radius 3 is 2.48 bits per heavy atom. The lowest BCUT2D eigenvalue weighted by atomic mass is 9.66. The third kappa shape index (κ3) is 4.21. The lowest BCUT2D eigenvalue weighted by molar-refractivity contribution is 0.272. The van der Waals surface area contributed by atoms with E-state index >= 15 is 0 Å². The Bertz CT molecular complexity index is 1870. The predicted molar refractivity (Wildman–Crippen MR) is 161 cm³/mol. The number of nitrogens with one attached hydrogen (secondary N) is 1. The molecule has 0 spiro atoms. The summed E-state index contributed by atoms with van der Waals surface area (Å²) in [4.78, 5) is 9.97. The van der Waals surface area contributed by atoms with Gasteiger partial charge in [0.2, 0.25) is 0 Å². The van der Waals surface area contributed by atoms with Gasteiger partial charge in [0.25, 0.3) is 0 Å². The molecule has 3 aromatic carbocycles. The molecule has 0 bridgehead atoms. The summed E-state index contributed by atoms with van der Waals surface area (Å²) in [6.45, 7) is 2.35. The van der Waals surface area contributed by atoms with Gasteiger partial charge in [-0.25, -0.2) is 18.4 Å². The second kappa shape index (κ2) is 9.17. The van der Waals surface area contributed by atoms with Crippen LogP contribution in [0.5, 0.6) is 0 Å². The number of nitrogens with zero attached hydrogens (tertiary/aromatic N) is 3. The van der Waals surface area contributed by atoms with Crippen LogP contribution in [0, 0.1) is 0 Å². The topological polar surface area (TPSA) is 76.9 Å². The maximum absolute atomic E-state index is 12.1. The monoisotopic (exact) mass is 546 g/mol. The number of sulfone groups is 1. The molecular weight excluding hydrogens is 516 g/mol. The zero-order valence-electron chi connectivity index (χ0n) is 22.6. The van der Waals surface area contributed by atoms with Gasteiger partial charge in [-0.1, -0.05) is 67.9 Å². The van der Waals surface area contributed by atoms with E-state index < -0.39 is 9.84 Å². The molecule has 200 valence electrons. The van der Waals surface area contributed by atoms with Crippen LogP contribution in [0.15, 0.2) is 91.1 Å². The summed E-state index contributed by atoms with van der Waals surface area (Å²) in [6.07, 6.45) is 6.77. The first-order valence-corrected chi connectivity index (χ1v) is 15.7. The minimum Gasteiger partial charge on any atom is -0.338 e. The highest BCUT2D eigenvalue weighted by molar-refractivity contribution is 7.89. The van der Waals surface area contributed by atoms with E-state index in [-0.39, 0.29) is 11.2 Å². The van der Waals surface area contributed by atoms with Gasteiger partial charge in [0.15, 0.2) is 15.7 Å². The van der Waals surface area contributed by atoms with Crippen LogP contribution in [-0.4, -0.2) is 29.2 Å². The number of benzene rings is 3. The van der Waals surface area contributed by atoms with E-state index in [1.54, 1.807) is 6.20 Å². The molecule has 1 aliphatic heterocycles. The highest BCUT2D eigenvalue weighted by Crippen LogP contribution is 2.46. The molecule has 1 aliphatic carbocycles. The summed E-state index contributed by atoms with van der Waals surface area (Å²) in [7, 11) is -3.18. The average Bonchev–Trinajstić information content (AvgIpc) is 3.26. The first kappa shape index (κ1) is 24.8. The van der Waals surface area contributed by atoms with Crippen molar-refractivity contribution < 1.29 is 8.42 Å². The van der Waals surface area contributed by atoms with Gasteiger partial charge in [-0.05, 0) is 59.7 Å². The smallest absolute Gasteiger partial charge is 0.154 e. The Morgan fingerprint density at radius 1 is 0.925 bits per heavy atom. The minimum absolute atomic E-state index is 0.0173. The number of rotatable bonds is 5. The number of fused-ring (bicyclic) bond motifs is 5. The van der Waals surface area contributed by atoms with Crippen molar-refractivity contribution in [2.24, 2.45) is 0 Å². The maximum atomic E-state index is 12.1. The zero-order valence-corrected chi connectivity index (χ0v) is 23.4. The van der Waals surface area contributed by atoms with Gasteiger partial charge in [0.1, 0.15) is 5.82 Å². The first-order valence-electron chi connectivity index (χ1n) is 13.6. The van der Waals surface area contributed by atoms with E-state index in [0.29, 0.717) is 0 Å². The van der Waals surface area contributed by atoms with E-state index in [4.69, 9.17) is 4.98 Å². The van der Waals surface area contributed by atoms with Crippen molar-refractivity contribution in [2.45, 2.75) is 37.4 Å². The second-order valence-corrected chi connectivity index (χ2v) is 13.4. The van der Waals surface area contributed by atoms with Crippen molar-refractivity contribution in [3.05, 3.63) is 102 Å². The number of anilines is 2. The molecule has 0 atom stereocenters. The molecule has 0 unspecified atom stereocenters. The average molecular weight is 547 g/mol. The molecule has 1 saturated carbocycles. The summed E-state index contributed by atoms with van der Waals surface area (Å²) < 4.78 is 26.4. The van der Waals surface area contributed by atoms with Crippen LogP contribution in [-0.2, 0) is 21.0 Å². The van der Waals surface area contributed by atoms with Crippen molar-refractivity contribution in [2.75, 3.05) is 11.6 Å². The summed E-state index contributed by atoms with van der Waals surface area (Å²) in [5.41, 5.74) is 8.84. The van der Waals surface area contributed by atoms with Crippen LogP contribution in [0.25, 0.3) is 39.6 Å². The molecule has 1 N–H and O–H groups in total. The van der Waals surface area contributed by atoms with Gasteiger partial charge in [0, 0.05) is 29.1 Å². The molecule has 0 saturated heterocycles. The molecule has 3 heterocycles.